The number of nitrogens with one attached hydrogen (secondary N) is 1. The fraction of sp³-hybridized carbons (Fsp3) is 0.167. The average molecular weight is 250 g/mol. The predicted molar refractivity (Wildman–Crippen MR) is 67.9 cm³/mol. The van der Waals surface area contributed by atoms with Gasteiger partial charge >= 0.3 is 0 Å². The van der Waals surface area contributed by atoms with Crippen LogP contribution in [0.1, 0.15) is 11.3 Å². The van der Waals surface area contributed by atoms with Crippen molar-refractivity contribution in [1.82, 2.24) is 9.97 Å². The van der Waals surface area contributed by atoms with Gasteiger partial charge in [0.2, 0.25) is 0 Å². The summed E-state index contributed by atoms with van der Waals surface area (Å²) in [7, 11) is 0. The van der Waals surface area contributed by atoms with Crippen molar-refractivity contribution in [2.45, 2.75) is 13.8 Å². The number of halogens is 1. The van der Waals surface area contributed by atoms with Crippen LogP contribution in [0, 0.1) is 13.8 Å². The summed E-state index contributed by atoms with van der Waals surface area (Å²) in [4.78, 5) is 7.85. The number of aromatic hydroxyl groups is 1. The van der Waals surface area contributed by atoms with E-state index in [1.165, 1.54) is 6.33 Å². The topological polar surface area (TPSA) is 58.0 Å². The van der Waals surface area contributed by atoms with Crippen LogP contribution < -0.4 is 5.32 Å². The number of nitrogens with zero attached hydrogens (tertiary/aromatic N) is 2. The normalized spacial score (nSPS) is 10.3. The first-order valence-electron chi connectivity index (χ1n) is 5.11. The van der Waals surface area contributed by atoms with Gasteiger partial charge in [-0.05, 0) is 31.5 Å². The summed E-state index contributed by atoms with van der Waals surface area (Å²) in [5, 5.41) is 13.3. The van der Waals surface area contributed by atoms with Crippen molar-refractivity contribution in [3.05, 3.63) is 40.8 Å². The molecule has 88 valence electrons. The molecule has 2 rings (SSSR count). The number of rotatable bonds is 2. The number of benzene rings is 1. The summed E-state index contributed by atoms with van der Waals surface area (Å²) in [5.74, 6) is 0.382. The van der Waals surface area contributed by atoms with E-state index in [0.717, 1.165) is 5.56 Å². The summed E-state index contributed by atoms with van der Waals surface area (Å²) in [5.41, 5.74) is 2.29. The van der Waals surface area contributed by atoms with Gasteiger partial charge in [0.15, 0.2) is 11.6 Å². The lowest BCUT2D eigenvalue weighted by Gasteiger charge is -2.10. The summed E-state index contributed by atoms with van der Waals surface area (Å²) in [6, 6.07) is 5.61. The molecule has 1 aromatic heterocycles. The molecule has 0 saturated carbocycles. The van der Waals surface area contributed by atoms with E-state index in [0.29, 0.717) is 22.2 Å². The lowest BCUT2D eigenvalue weighted by molar-refractivity contribution is 0.467. The number of anilines is 2. The minimum atomic E-state index is 0.0316. The van der Waals surface area contributed by atoms with E-state index in [2.05, 4.69) is 15.3 Å². The number of aromatic nitrogens is 2. The van der Waals surface area contributed by atoms with Crippen molar-refractivity contribution in [3.63, 3.8) is 0 Å². The van der Waals surface area contributed by atoms with Gasteiger partial charge in [-0.25, -0.2) is 9.97 Å². The molecular weight excluding hydrogens is 238 g/mol. The molecule has 2 N–H and O–H groups in total. The highest BCUT2D eigenvalue weighted by atomic mass is 35.5. The minimum Gasteiger partial charge on any atom is -0.503 e. The van der Waals surface area contributed by atoms with Crippen LogP contribution in [-0.2, 0) is 0 Å². The van der Waals surface area contributed by atoms with Crippen LogP contribution in [-0.4, -0.2) is 15.1 Å². The minimum absolute atomic E-state index is 0.0316. The molecule has 1 heterocycles. The first-order valence-corrected chi connectivity index (χ1v) is 5.49. The molecule has 0 aliphatic heterocycles. The molecule has 4 nitrogen and oxygen atoms in total. The zero-order valence-electron chi connectivity index (χ0n) is 9.53. The maximum atomic E-state index is 9.77. The van der Waals surface area contributed by atoms with Gasteiger partial charge in [0, 0.05) is 0 Å². The first-order chi connectivity index (χ1) is 8.08. The van der Waals surface area contributed by atoms with Gasteiger partial charge in [0.05, 0.1) is 16.4 Å². The fourth-order valence-corrected chi connectivity index (χ4v) is 1.69. The smallest absolute Gasteiger partial charge is 0.180 e. The van der Waals surface area contributed by atoms with E-state index in [1.54, 1.807) is 6.92 Å². The van der Waals surface area contributed by atoms with Gasteiger partial charge in [-0.15, -0.1) is 0 Å². The van der Waals surface area contributed by atoms with Gasteiger partial charge in [0.25, 0.3) is 0 Å². The van der Waals surface area contributed by atoms with E-state index in [4.69, 9.17) is 11.6 Å². The van der Waals surface area contributed by atoms with Gasteiger partial charge in [0.1, 0.15) is 6.33 Å². The third kappa shape index (κ3) is 2.47. The molecule has 2 aromatic rings. The second-order valence-electron chi connectivity index (χ2n) is 3.76. The Bertz CT molecular complexity index is 557. The summed E-state index contributed by atoms with van der Waals surface area (Å²) < 4.78 is 0. The second kappa shape index (κ2) is 4.59. The Labute approximate surface area is 104 Å². The Hall–Kier alpha value is -1.81. The van der Waals surface area contributed by atoms with E-state index in [9.17, 15) is 5.11 Å². The third-order valence-electron chi connectivity index (χ3n) is 2.38. The van der Waals surface area contributed by atoms with E-state index in [1.807, 2.05) is 25.1 Å². The van der Waals surface area contributed by atoms with Crippen LogP contribution in [0.5, 0.6) is 5.75 Å². The monoisotopic (exact) mass is 249 g/mol. The van der Waals surface area contributed by atoms with Gasteiger partial charge in [-0.3, -0.25) is 0 Å². The largest absolute Gasteiger partial charge is 0.503 e. The maximum Gasteiger partial charge on any atom is 0.180 e. The van der Waals surface area contributed by atoms with Crippen molar-refractivity contribution in [1.29, 1.82) is 0 Å². The van der Waals surface area contributed by atoms with Crippen LogP contribution >= 0.6 is 11.6 Å². The molecule has 0 amide bonds. The molecule has 0 fully saturated rings. The first kappa shape index (κ1) is 11.7. The second-order valence-corrected chi connectivity index (χ2v) is 4.17. The van der Waals surface area contributed by atoms with Crippen LogP contribution in [0.2, 0.25) is 5.02 Å². The van der Waals surface area contributed by atoms with Crippen LogP contribution in [0.15, 0.2) is 24.5 Å². The van der Waals surface area contributed by atoms with Crippen molar-refractivity contribution in [2.75, 3.05) is 5.32 Å². The summed E-state index contributed by atoms with van der Waals surface area (Å²) in [6.07, 6.45) is 1.39. The van der Waals surface area contributed by atoms with Crippen LogP contribution in [0.4, 0.5) is 11.5 Å². The fourth-order valence-electron chi connectivity index (χ4n) is 1.41. The molecular formula is C12H12ClN3O. The van der Waals surface area contributed by atoms with Gasteiger partial charge in [-0.1, -0.05) is 17.7 Å². The van der Waals surface area contributed by atoms with Crippen molar-refractivity contribution < 1.29 is 5.11 Å². The molecule has 5 heteroatoms. The van der Waals surface area contributed by atoms with Gasteiger partial charge < -0.3 is 10.4 Å². The molecule has 17 heavy (non-hydrogen) atoms. The van der Waals surface area contributed by atoms with E-state index in [-0.39, 0.29) is 5.75 Å². The molecule has 0 atom stereocenters. The molecule has 0 aliphatic carbocycles. The Morgan fingerprint density at radius 1 is 1.24 bits per heavy atom. The quantitative estimate of drug-likeness (QED) is 0.858. The molecule has 0 saturated heterocycles. The SMILES string of the molecule is Cc1ccc(Nc2ncnc(C)c2O)c(Cl)c1. The Kier molecular flexibility index (Phi) is 3.15. The zero-order valence-corrected chi connectivity index (χ0v) is 10.3. The van der Waals surface area contributed by atoms with Crippen LogP contribution in [0.25, 0.3) is 0 Å². The van der Waals surface area contributed by atoms with Crippen LogP contribution in [0.3, 0.4) is 0 Å². The van der Waals surface area contributed by atoms with Gasteiger partial charge in [-0.2, -0.15) is 0 Å². The Balaban J connectivity index is 2.35. The highest BCUT2D eigenvalue weighted by Gasteiger charge is 2.08. The predicted octanol–water partition coefficient (Wildman–Crippen LogP) is 3.20. The maximum absolute atomic E-state index is 9.77. The molecule has 1 aromatic carbocycles. The van der Waals surface area contributed by atoms with E-state index < -0.39 is 0 Å². The molecule has 0 aliphatic rings. The van der Waals surface area contributed by atoms with Crippen molar-refractivity contribution in [3.8, 4) is 5.75 Å². The molecule has 0 unspecified atom stereocenters. The lowest BCUT2D eigenvalue weighted by atomic mass is 10.2. The standard InChI is InChI=1S/C12H12ClN3O/c1-7-3-4-10(9(13)5-7)16-12-11(17)8(2)14-6-15-12/h3-6,17H,1-2H3,(H,14,15,16). The van der Waals surface area contributed by atoms with Crippen molar-refractivity contribution >= 4 is 23.1 Å². The highest BCUT2D eigenvalue weighted by molar-refractivity contribution is 6.33. The Morgan fingerprint density at radius 2 is 2.00 bits per heavy atom. The molecule has 0 radical (unpaired) electrons. The summed E-state index contributed by atoms with van der Waals surface area (Å²) >= 11 is 6.08. The summed E-state index contributed by atoms with van der Waals surface area (Å²) in [6.45, 7) is 3.67. The number of hydrogen-bond acceptors (Lipinski definition) is 4. The highest BCUT2D eigenvalue weighted by Crippen LogP contribution is 2.30. The average Bonchev–Trinajstić information content (AvgIpc) is 2.28. The number of hydrogen-bond donors (Lipinski definition) is 2. The lowest BCUT2D eigenvalue weighted by Crippen LogP contribution is -1.97. The third-order valence-corrected chi connectivity index (χ3v) is 2.70. The molecule has 0 spiro atoms. The van der Waals surface area contributed by atoms with E-state index >= 15 is 0 Å². The zero-order chi connectivity index (χ0) is 12.4. The molecule has 0 bridgehead atoms. The number of aryl methyl sites for hydroxylation is 2. The van der Waals surface area contributed by atoms with Crippen molar-refractivity contribution in [2.24, 2.45) is 0 Å². The Morgan fingerprint density at radius 3 is 2.71 bits per heavy atom.